The Hall–Kier alpha value is -0.353. The third-order valence-electron chi connectivity index (χ3n) is 1.37. The summed E-state index contributed by atoms with van der Waals surface area (Å²) in [5, 5.41) is 0. The molecule has 0 heterocycles. The lowest BCUT2D eigenvalue weighted by molar-refractivity contribution is -0.145. The van der Waals surface area contributed by atoms with E-state index in [-0.39, 0.29) is 11.9 Å². The van der Waals surface area contributed by atoms with E-state index in [1.807, 2.05) is 6.92 Å². The molecular formula is C8H18O3Si. The maximum Gasteiger partial charge on any atom is 0.310 e. The van der Waals surface area contributed by atoms with Gasteiger partial charge in [-0.3, -0.25) is 4.79 Å². The quantitative estimate of drug-likeness (QED) is 0.499. The lowest BCUT2D eigenvalue weighted by Gasteiger charge is -2.19. The maximum absolute atomic E-state index is 10.9. The van der Waals surface area contributed by atoms with Crippen LogP contribution in [0.5, 0.6) is 0 Å². The molecule has 0 aromatic rings. The summed E-state index contributed by atoms with van der Waals surface area (Å²) in [7, 11) is -0.0902. The zero-order valence-corrected chi connectivity index (χ0v) is 9.51. The topological polar surface area (TPSA) is 35.5 Å². The fourth-order valence-electron chi connectivity index (χ4n) is 0.644. The predicted molar refractivity (Wildman–Crippen MR) is 50.5 cm³/mol. The van der Waals surface area contributed by atoms with E-state index in [0.29, 0.717) is 6.61 Å². The first-order valence-electron chi connectivity index (χ1n) is 4.08. The third-order valence-corrected chi connectivity index (χ3v) is 2.40. The molecule has 0 aliphatic carbocycles. The molecule has 0 saturated heterocycles. The van der Waals surface area contributed by atoms with Crippen molar-refractivity contribution in [3.8, 4) is 0 Å². The minimum atomic E-state index is -1.49. The minimum absolute atomic E-state index is 0.151. The molecular weight excluding hydrogens is 172 g/mol. The number of carbonyl (C=O) groups is 1. The van der Waals surface area contributed by atoms with Crippen LogP contribution in [-0.4, -0.2) is 28.0 Å². The summed E-state index contributed by atoms with van der Waals surface area (Å²) in [6.07, 6.45) is 0. The smallest absolute Gasteiger partial charge is 0.310 e. The highest BCUT2D eigenvalue weighted by atomic mass is 28.4. The molecule has 4 heteroatoms. The van der Waals surface area contributed by atoms with Crippen molar-refractivity contribution in [2.24, 2.45) is 5.92 Å². The Morgan fingerprint density at radius 1 is 1.42 bits per heavy atom. The third kappa shape index (κ3) is 5.32. The molecule has 0 aliphatic rings. The second kappa shape index (κ2) is 4.62. The van der Waals surface area contributed by atoms with Crippen molar-refractivity contribution in [3.05, 3.63) is 0 Å². The van der Waals surface area contributed by atoms with Crippen LogP contribution in [0.3, 0.4) is 0 Å². The molecule has 1 atom stereocenters. The monoisotopic (exact) mass is 190 g/mol. The zero-order chi connectivity index (χ0) is 9.78. The minimum Gasteiger partial charge on any atom is -0.469 e. The van der Waals surface area contributed by atoms with Crippen LogP contribution in [0.2, 0.25) is 19.6 Å². The number of hydrogen-bond donors (Lipinski definition) is 0. The molecule has 0 amide bonds. The second-order valence-electron chi connectivity index (χ2n) is 3.85. The highest BCUT2D eigenvalue weighted by Crippen LogP contribution is 2.06. The van der Waals surface area contributed by atoms with Gasteiger partial charge in [0.25, 0.3) is 0 Å². The average molecular weight is 190 g/mol. The summed E-state index contributed by atoms with van der Waals surface area (Å²) in [6.45, 7) is 8.57. The van der Waals surface area contributed by atoms with Gasteiger partial charge in [0.1, 0.15) is 0 Å². The number of carbonyl (C=O) groups excluding carboxylic acids is 1. The molecule has 0 saturated carbocycles. The predicted octanol–water partition coefficient (Wildman–Crippen LogP) is 1.65. The fourth-order valence-corrected chi connectivity index (χ4v) is 1.39. The van der Waals surface area contributed by atoms with Crippen molar-refractivity contribution in [1.29, 1.82) is 0 Å². The number of rotatable bonds is 4. The van der Waals surface area contributed by atoms with Crippen LogP contribution in [0.4, 0.5) is 0 Å². The molecule has 72 valence electrons. The zero-order valence-electron chi connectivity index (χ0n) is 8.51. The Bertz CT molecular complexity index is 151. The van der Waals surface area contributed by atoms with Gasteiger partial charge in [0.2, 0.25) is 0 Å². The van der Waals surface area contributed by atoms with Gasteiger partial charge in [-0.25, -0.2) is 0 Å². The first-order valence-corrected chi connectivity index (χ1v) is 7.49. The van der Waals surface area contributed by atoms with Gasteiger partial charge in [0.05, 0.1) is 13.0 Å². The second-order valence-corrected chi connectivity index (χ2v) is 8.36. The van der Waals surface area contributed by atoms with Gasteiger partial charge < -0.3 is 9.16 Å². The van der Waals surface area contributed by atoms with Gasteiger partial charge in [0.15, 0.2) is 8.32 Å². The molecule has 0 aliphatic heterocycles. The maximum atomic E-state index is 10.9. The van der Waals surface area contributed by atoms with E-state index in [2.05, 4.69) is 24.4 Å². The van der Waals surface area contributed by atoms with Crippen molar-refractivity contribution >= 4 is 14.3 Å². The molecule has 0 fully saturated rings. The van der Waals surface area contributed by atoms with E-state index in [9.17, 15) is 4.79 Å². The summed E-state index contributed by atoms with van der Waals surface area (Å²) < 4.78 is 10.1. The van der Waals surface area contributed by atoms with Crippen LogP contribution in [0.15, 0.2) is 0 Å². The molecule has 0 aromatic carbocycles. The van der Waals surface area contributed by atoms with Gasteiger partial charge in [0, 0.05) is 6.61 Å². The van der Waals surface area contributed by atoms with E-state index in [4.69, 9.17) is 4.43 Å². The van der Waals surface area contributed by atoms with Crippen molar-refractivity contribution < 1.29 is 14.0 Å². The van der Waals surface area contributed by atoms with E-state index in [1.54, 1.807) is 0 Å². The van der Waals surface area contributed by atoms with Crippen molar-refractivity contribution in [1.82, 2.24) is 0 Å². The van der Waals surface area contributed by atoms with Gasteiger partial charge in [-0.1, -0.05) is 0 Å². The highest BCUT2D eigenvalue weighted by Gasteiger charge is 2.19. The molecule has 0 spiro atoms. The molecule has 0 rings (SSSR count). The van der Waals surface area contributed by atoms with E-state index < -0.39 is 8.32 Å². The Labute approximate surface area is 75.2 Å². The van der Waals surface area contributed by atoms with E-state index >= 15 is 0 Å². The van der Waals surface area contributed by atoms with Gasteiger partial charge >= 0.3 is 5.97 Å². The van der Waals surface area contributed by atoms with Crippen LogP contribution in [0.25, 0.3) is 0 Å². The number of ether oxygens (including phenoxy) is 1. The summed E-state index contributed by atoms with van der Waals surface area (Å²) in [5.41, 5.74) is 0. The highest BCUT2D eigenvalue weighted by molar-refractivity contribution is 6.69. The molecule has 0 unspecified atom stereocenters. The average Bonchev–Trinajstić information content (AvgIpc) is 1.97. The summed E-state index contributed by atoms with van der Waals surface area (Å²) >= 11 is 0. The van der Waals surface area contributed by atoms with E-state index in [1.165, 1.54) is 7.11 Å². The van der Waals surface area contributed by atoms with Crippen LogP contribution >= 0.6 is 0 Å². The van der Waals surface area contributed by atoms with Crippen LogP contribution in [-0.2, 0) is 14.0 Å². The Kier molecular flexibility index (Phi) is 4.48. The van der Waals surface area contributed by atoms with Crippen molar-refractivity contribution in [2.75, 3.05) is 13.7 Å². The van der Waals surface area contributed by atoms with E-state index in [0.717, 1.165) is 0 Å². The standard InChI is InChI=1S/C8H18O3Si/c1-7(8(9)10-2)6-11-12(3,4)5/h7H,6H2,1-5H3/t7-/m0/s1. The number of hydrogen-bond acceptors (Lipinski definition) is 3. The van der Waals surface area contributed by atoms with Crippen molar-refractivity contribution in [2.45, 2.75) is 26.6 Å². The Morgan fingerprint density at radius 2 is 1.92 bits per heavy atom. The molecule has 0 N–H and O–H groups in total. The fraction of sp³-hybridized carbons (Fsp3) is 0.875. The summed E-state index contributed by atoms with van der Waals surface area (Å²) in [5.74, 6) is -0.352. The summed E-state index contributed by atoms with van der Waals surface area (Å²) in [4.78, 5) is 10.9. The first-order chi connectivity index (χ1) is 5.37. The molecule has 12 heavy (non-hydrogen) atoms. The largest absolute Gasteiger partial charge is 0.469 e. The van der Waals surface area contributed by atoms with Gasteiger partial charge in [-0.05, 0) is 26.6 Å². The lowest BCUT2D eigenvalue weighted by Crippen LogP contribution is -2.30. The molecule has 0 radical (unpaired) electrons. The molecule has 0 aromatic heterocycles. The SMILES string of the molecule is COC(=O)[C@@H](C)CO[Si](C)(C)C. The van der Waals surface area contributed by atoms with Crippen LogP contribution in [0, 0.1) is 5.92 Å². The van der Waals surface area contributed by atoms with Crippen molar-refractivity contribution in [3.63, 3.8) is 0 Å². The number of esters is 1. The molecule has 3 nitrogen and oxygen atoms in total. The Balaban J connectivity index is 3.72. The van der Waals surface area contributed by atoms with Crippen LogP contribution in [0.1, 0.15) is 6.92 Å². The van der Waals surface area contributed by atoms with Gasteiger partial charge in [-0.2, -0.15) is 0 Å². The van der Waals surface area contributed by atoms with Crippen LogP contribution < -0.4 is 0 Å². The normalized spacial score (nSPS) is 14.1. The number of methoxy groups -OCH3 is 1. The molecule has 0 bridgehead atoms. The van der Waals surface area contributed by atoms with Gasteiger partial charge in [-0.15, -0.1) is 0 Å². The lowest BCUT2D eigenvalue weighted by atomic mass is 10.2. The summed E-state index contributed by atoms with van der Waals surface area (Å²) in [6, 6.07) is 0. The first kappa shape index (κ1) is 11.6. The Morgan fingerprint density at radius 3 is 2.25 bits per heavy atom.